The molecule has 0 bridgehead atoms. The average Bonchev–Trinajstić information content (AvgIpc) is 2.14. The van der Waals surface area contributed by atoms with Gasteiger partial charge in [-0.25, -0.2) is 4.79 Å². The largest absolute Gasteiger partial charge is 0.476 e. The second-order valence-electron chi connectivity index (χ2n) is 3.49. The SMILES string of the molecule is O=C(O)C1=NS(=O)(=O)NC2=C1CCCC2. The molecular weight excluding hydrogens is 220 g/mol. The van der Waals surface area contributed by atoms with E-state index in [1.807, 2.05) is 0 Å². The lowest BCUT2D eigenvalue weighted by Gasteiger charge is -2.23. The molecule has 2 N–H and O–H groups in total. The Morgan fingerprint density at radius 3 is 2.67 bits per heavy atom. The van der Waals surface area contributed by atoms with Crippen LogP contribution in [0.2, 0.25) is 0 Å². The smallest absolute Gasteiger partial charge is 0.355 e. The number of nitrogens with one attached hydrogen (secondary N) is 1. The Hall–Kier alpha value is -1.37. The summed E-state index contributed by atoms with van der Waals surface area (Å²) in [5.41, 5.74) is 0.695. The molecule has 0 radical (unpaired) electrons. The highest BCUT2D eigenvalue weighted by Crippen LogP contribution is 2.27. The van der Waals surface area contributed by atoms with Gasteiger partial charge in [-0.15, -0.1) is 4.40 Å². The maximum absolute atomic E-state index is 11.2. The molecule has 1 aliphatic heterocycles. The van der Waals surface area contributed by atoms with Crippen LogP contribution in [0.3, 0.4) is 0 Å². The van der Waals surface area contributed by atoms with Gasteiger partial charge < -0.3 is 5.11 Å². The van der Waals surface area contributed by atoms with Crippen LogP contribution in [-0.4, -0.2) is 25.2 Å². The first-order valence-electron chi connectivity index (χ1n) is 4.58. The summed E-state index contributed by atoms with van der Waals surface area (Å²) in [5, 5.41) is 8.85. The molecule has 0 unspecified atom stereocenters. The minimum atomic E-state index is -3.85. The van der Waals surface area contributed by atoms with Crippen LogP contribution in [-0.2, 0) is 15.0 Å². The van der Waals surface area contributed by atoms with Gasteiger partial charge in [-0.05, 0) is 25.7 Å². The molecule has 0 spiro atoms. The molecule has 0 saturated carbocycles. The first-order valence-corrected chi connectivity index (χ1v) is 6.02. The van der Waals surface area contributed by atoms with Crippen LogP contribution in [0.15, 0.2) is 15.7 Å². The van der Waals surface area contributed by atoms with Gasteiger partial charge in [0.15, 0.2) is 5.71 Å². The summed E-state index contributed by atoms with van der Waals surface area (Å²) < 4.78 is 27.9. The van der Waals surface area contributed by atoms with E-state index in [4.69, 9.17) is 5.11 Å². The number of hydrogen-bond donors (Lipinski definition) is 2. The van der Waals surface area contributed by atoms with E-state index >= 15 is 0 Å². The fraction of sp³-hybridized carbons (Fsp3) is 0.500. The van der Waals surface area contributed by atoms with Crippen LogP contribution < -0.4 is 4.72 Å². The van der Waals surface area contributed by atoms with Gasteiger partial charge in [0.2, 0.25) is 0 Å². The molecule has 7 heteroatoms. The van der Waals surface area contributed by atoms with E-state index in [-0.39, 0.29) is 5.71 Å². The van der Waals surface area contributed by atoms with E-state index in [0.717, 1.165) is 12.8 Å². The summed E-state index contributed by atoms with van der Waals surface area (Å²) in [5.74, 6) is -1.28. The highest BCUT2D eigenvalue weighted by Gasteiger charge is 2.30. The van der Waals surface area contributed by atoms with Crippen molar-refractivity contribution in [2.75, 3.05) is 0 Å². The van der Waals surface area contributed by atoms with Gasteiger partial charge in [0.1, 0.15) is 0 Å². The van der Waals surface area contributed by atoms with Gasteiger partial charge >= 0.3 is 16.2 Å². The molecule has 1 heterocycles. The molecule has 0 aromatic carbocycles. The van der Waals surface area contributed by atoms with Gasteiger partial charge in [-0.2, -0.15) is 8.42 Å². The zero-order chi connectivity index (χ0) is 11.1. The lowest BCUT2D eigenvalue weighted by atomic mass is 9.93. The number of rotatable bonds is 1. The van der Waals surface area contributed by atoms with Crippen LogP contribution in [0, 0.1) is 0 Å². The molecule has 15 heavy (non-hydrogen) atoms. The molecule has 0 fully saturated rings. The zero-order valence-electron chi connectivity index (χ0n) is 7.86. The third-order valence-corrected chi connectivity index (χ3v) is 3.35. The summed E-state index contributed by atoms with van der Waals surface area (Å²) >= 11 is 0. The average molecular weight is 230 g/mol. The van der Waals surface area contributed by atoms with E-state index in [0.29, 0.717) is 24.1 Å². The summed E-state index contributed by atoms with van der Waals surface area (Å²) in [7, 11) is -3.85. The summed E-state index contributed by atoms with van der Waals surface area (Å²) in [6.07, 6.45) is 2.88. The molecule has 0 aromatic heterocycles. The predicted octanol–water partition coefficient (Wildman–Crippen LogP) is 0.188. The Balaban J connectivity index is 2.52. The Kier molecular flexibility index (Phi) is 2.26. The van der Waals surface area contributed by atoms with Crippen molar-refractivity contribution in [3.8, 4) is 0 Å². The third kappa shape index (κ3) is 1.87. The lowest BCUT2D eigenvalue weighted by molar-refractivity contribution is -0.129. The number of nitrogens with zero attached hydrogens (tertiary/aromatic N) is 1. The summed E-state index contributed by atoms with van der Waals surface area (Å²) in [6.45, 7) is 0. The van der Waals surface area contributed by atoms with Crippen molar-refractivity contribution in [3.63, 3.8) is 0 Å². The molecule has 82 valence electrons. The molecule has 0 atom stereocenters. The van der Waals surface area contributed by atoms with Crippen LogP contribution >= 0.6 is 0 Å². The minimum Gasteiger partial charge on any atom is -0.476 e. The molecule has 6 nitrogen and oxygen atoms in total. The van der Waals surface area contributed by atoms with Crippen molar-refractivity contribution in [3.05, 3.63) is 11.3 Å². The van der Waals surface area contributed by atoms with Crippen LogP contribution in [0.5, 0.6) is 0 Å². The van der Waals surface area contributed by atoms with E-state index in [2.05, 4.69) is 9.12 Å². The van der Waals surface area contributed by atoms with Crippen molar-refractivity contribution in [2.45, 2.75) is 25.7 Å². The van der Waals surface area contributed by atoms with E-state index < -0.39 is 16.2 Å². The molecular formula is C8H10N2O4S. The predicted molar refractivity (Wildman–Crippen MR) is 52.6 cm³/mol. The fourth-order valence-corrected chi connectivity index (χ4v) is 2.81. The monoisotopic (exact) mass is 230 g/mol. The normalized spacial score (nSPS) is 23.9. The molecule has 0 amide bonds. The zero-order valence-corrected chi connectivity index (χ0v) is 8.67. The highest BCUT2D eigenvalue weighted by molar-refractivity contribution is 7.88. The summed E-state index contributed by atoms with van der Waals surface area (Å²) in [6, 6.07) is 0. The lowest BCUT2D eigenvalue weighted by Crippen LogP contribution is -2.34. The Morgan fingerprint density at radius 1 is 1.33 bits per heavy atom. The molecule has 1 aliphatic carbocycles. The van der Waals surface area contributed by atoms with Crippen molar-refractivity contribution in [1.82, 2.24) is 4.72 Å². The number of carboxylic acid groups (broad SMARTS) is 1. The minimum absolute atomic E-state index is 0.330. The second-order valence-corrected chi connectivity index (χ2v) is 4.82. The Morgan fingerprint density at radius 2 is 2.00 bits per heavy atom. The molecule has 0 aromatic rings. The quantitative estimate of drug-likeness (QED) is 0.672. The Labute approximate surface area is 86.9 Å². The first-order chi connectivity index (χ1) is 6.99. The van der Waals surface area contributed by atoms with Crippen molar-refractivity contribution in [1.29, 1.82) is 0 Å². The van der Waals surface area contributed by atoms with Crippen LogP contribution in [0.1, 0.15) is 25.7 Å². The molecule has 2 aliphatic rings. The van der Waals surface area contributed by atoms with Gasteiger partial charge in [0.25, 0.3) is 0 Å². The molecule has 0 saturated heterocycles. The Bertz CT molecular complexity index is 475. The number of carbonyl (C=O) groups is 1. The van der Waals surface area contributed by atoms with Crippen LogP contribution in [0.4, 0.5) is 0 Å². The van der Waals surface area contributed by atoms with E-state index in [1.165, 1.54) is 0 Å². The maximum atomic E-state index is 11.2. The van der Waals surface area contributed by atoms with Gasteiger partial charge in [-0.3, -0.25) is 4.72 Å². The van der Waals surface area contributed by atoms with Crippen molar-refractivity contribution < 1.29 is 18.3 Å². The third-order valence-electron chi connectivity index (χ3n) is 2.42. The standard InChI is InChI=1S/C8H10N2O4S/c11-8(12)7-5-3-1-2-4-6(5)9-15(13,14)10-7/h9H,1-4H2,(H,11,12). The van der Waals surface area contributed by atoms with E-state index in [1.54, 1.807) is 0 Å². The van der Waals surface area contributed by atoms with E-state index in [9.17, 15) is 13.2 Å². The number of carboxylic acids is 1. The fourth-order valence-electron chi connectivity index (χ4n) is 1.80. The van der Waals surface area contributed by atoms with Gasteiger partial charge in [0.05, 0.1) is 0 Å². The number of hydrogen-bond acceptors (Lipinski definition) is 3. The number of aliphatic carboxylic acids is 1. The highest BCUT2D eigenvalue weighted by atomic mass is 32.2. The van der Waals surface area contributed by atoms with Gasteiger partial charge in [0, 0.05) is 11.3 Å². The topological polar surface area (TPSA) is 95.8 Å². The van der Waals surface area contributed by atoms with Crippen LogP contribution in [0.25, 0.3) is 0 Å². The first kappa shape index (κ1) is 10.2. The second kappa shape index (κ2) is 3.34. The van der Waals surface area contributed by atoms with Crippen molar-refractivity contribution in [2.24, 2.45) is 4.40 Å². The molecule has 2 rings (SSSR count). The van der Waals surface area contributed by atoms with Gasteiger partial charge in [-0.1, -0.05) is 0 Å². The van der Waals surface area contributed by atoms with Crippen molar-refractivity contribution >= 4 is 21.9 Å². The maximum Gasteiger partial charge on any atom is 0.355 e. The number of allylic oxidation sites excluding steroid dienone is 1. The summed E-state index contributed by atoms with van der Waals surface area (Å²) in [4.78, 5) is 10.8.